The zero-order chi connectivity index (χ0) is 14.3. The van der Waals surface area contributed by atoms with Crippen LogP contribution in [-0.2, 0) is 0 Å². The Morgan fingerprint density at radius 3 is 2.84 bits per heavy atom. The number of rotatable bonds is 6. The fraction of sp³-hybridized carbons (Fsp3) is 0.385. The number of carbonyl (C=O) groups is 1. The summed E-state index contributed by atoms with van der Waals surface area (Å²) in [7, 11) is 1.58. The molecule has 6 nitrogen and oxygen atoms in total. The van der Waals surface area contributed by atoms with Gasteiger partial charge in [-0.3, -0.25) is 5.41 Å². The maximum Gasteiger partial charge on any atom is 0.321 e. The topological polar surface area (TPSA) is 91.4 Å². The highest BCUT2D eigenvalue weighted by Gasteiger charge is 2.11. The maximum atomic E-state index is 12.0. The van der Waals surface area contributed by atoms with Gasteiger partial charge in [0.1, 0.15) is 5.75 Å². The summed E-state index contributed by atoms with van der Waals surface area (Å²) in [5, 5.41) is 9.97. The first-order valence-corrected chi connectivity index (χ1v) is 6.09. The van der Waals surface area contributed by atoms with E-state index in [0.29, 0.717) is 30.9 Å². The quantitative estimate of drug-likeness (QED) is 0.541. The van der Waals surface area contributed by atoms with Gasteiger partial charge >= 0.3 is 6.03 Å². The Labute approximate surface area is 113 Å². The predicted molar refractivity (Wildman–Crippen MR) is 75.8 cm³/mol. The summed E-state index contributed by atoms with van der Waals surface area (Å²) in [6.07, 6.45) is 0.374. The van der Waals surface area contributed by atoms with Crippen LogP contribution >= 0.6 is 0 Å². The van der Waals surface area contributed by atoms with E-state index in [9.17, 15) is 4.79 Å². The number of benzene rings is 1. The number of amides is 2. The molecule has 1 aromatic carbocycles. The van der Waals surface area contributed by atoms with Gasteiger partial charge in [0.05, 0.1) is 12.9 Å². The molecule has 0 bridgehead atoms. The van der Waals surface area contributed by atoms with E-state index < -0.39 is 0 Å². The van der Waals surface area contributed by atoms with Crippen LogP contribution in [0.1, 0.15) is 13.3 Å². The van der Waals surface area contributed by atoms with Gasteiger partial charge in [-0.25, -0.2) is 4.79 Å². The van der Waals surface area contributed by atoms with Crippen molar-refractivity contribution in [2.75, 3.05) is 25.5 Å². The van der Waals surface area contributed by atoms with Crippen LogP contribution in [0, 0.1) is 5.41 Å². The fourth-order valence-electron chi connectivity index (χ4n) is 1.56. The van der Waals surface area contributed by atoms with Crippen molar-refractivity contribution in [1.29, 1.82) is 5.41 Å². The number of anilines is 1. The first-order chi connectivity index (χ1) is 9.06. The van der Waals surface area contributed by atoms with E-state index in [0.717, 1.165) is 0 Å². The molecule has 2 amide bonds. The van der Waals surface area contributed by atoms with Crippen molar-refractivity contribution >= 4 is 17.6 Å². The van der Waals surface area contributed by atoms with Crippen LogP contribution in [0.4, 0.5) is 10.5 Å². The van der Waals surface area contributed by atoms with Crippen molar-refractivity contribution in [2.24, 2.45) is 5.73 Å². The van der Waals surface area contributed by atoms with Gasteiger partial charge in [0.15, 0.2) is 0 Å². The number of hydrogen-bond donors (Lipinski definition) is 3. The molecule has 0 unspecified atom stereocenters. The Bertz CT molecular complexity index is 448. The molecule has 104 valence electrons. The number of methoxy groups -OCH3 is 1. The van der Waals surface area contributed by atoms with Crippen LogP contribution in [0.2, 0.25) is 0 Å². The Morgan fingerprint density at radius 1 is 1.53 bits per heavy atom. The largest absolute Gasteiger partial charge is 0.497 e. The molecule has 4 N–H and O–H groups in total. The molecule has 0 spiro atoms. The number of nitrogens with one attached hydrogen (secondary N) is 2. The monoisotopic (exact) mass is 264 g/mol. The molecule has 0 saturated heterocycles. The van der Waals surface area contributed by atoms with Crippen molar-refractivity contribution in [3.8, 4) is 5.75 Å². The van der Waals surface area contributed by atoms with Crippen LogP contribution in [0.5, 0.6) is 5.75 Å². The van der Waals surface area contributed by atoms with E-state index in [1.807, 2.05) is 13.0 Å². The Hall–Kier alpha value is -2.24. The number of urea groups is 1. The minimum absolute atomic E-state index is 0.0765. The lowest BCUT2D eigenvalue weighted by molar-refractivity contribution is 0.216. The van der Waals surface area contributed by atoms with Crippen molar-refractivity contribution in [3.63, 3.8) is 0 Å². The number of amidine groups is 1. The van der Waals surface area contributed by atoms with E-state index in [1.165, 1.54) is 0 Å². The summed E-state index contributed by atoms with van der Waals surface area (Å²) in [5.41, 5.74) is 5.97. The van der Waals surface area contributed by atoms with Crippen molar-refractivity contribution in [1.82, 2.24) is 4.90 Å². The van der Waals surface area contributed by atoms with Gasteiger partial charge in [-0.05, 0) is 19.1 Å². The molecular weight excluding hydrogens is 244 g/mol. The lowest BCUT2D eigenvalue weighted by Crippen LogP contribution is -2.37. The van der Waals surface area contributed by atoms with E-state index in [2.05, 4.69) is 5.32 Å². The molecule has 0 aliphatic carbocycles. The molecule has 0 fully saturated rings. The average Bonchev–Trinajstić information content (AvgIpc) is 2.39. The molecule has 0 aliphatic heterocycles. The Morgan fingerprint density at radius 2 is 2.26 bits per heavy atom. The normalized spacial score (nSPS) is 9.79. The fourth-order valence-corrected chi connectivity index (χ4v) is 1.56. The van der Waals surface area contributed by atoms with E-state index in [1.54, 1.807) is 30.2 Å². The van der Waals surface area contributed by atoms with Crippen LogP contribution in [0.3, 0.4) is 0 Å². The molecule has 1 aromatic rings. The predicted octanol–water partition coefficient (Wildman–Crippen LogP) is 1.88. The van der Waals surface area contributed by atoms with E-state index in [-0.39, 0.29) is 11.9 Å². The van der Waals surface area contributed by atoms with Gasteiger partial charge in [0.2, 0.25) is 0 Å². The molecule has 0 heterocycles. The highest BCUT2D eigenvalue weighted by Crippen LogP contribution is 2.17. The molecule has 0 atom stereocenters. The first-order valence-electron chi connectivity index (χ1n) is 6.09. The van der Waals surface area contributed by atoms with Crippen molar-refractivity contribution in [2.45, 2.75) is 13.3 Å². The minimum atomic E-state index is -0.211. The van der Waals surface area contributed by atoms with E-state index >= 15 is 0 Å². The standard InChI is InChI=1S/C13H20N4O2/c1-3-17(8-7-12(14)15)13(18)16-10-5-4-6-11(9-10)19-2/h4-6,9H,3,7-8H2,1-2H3,(H3,14,15)(H,16,18). The van der Waals surface area contributed by atoms with Gasteiger partial charge < -0.3 is 20.7 Å². The van der Waals surface area contributed by atoms with Crippen LogP contribution in [0.25, 0.3) is 0 Å². The van der Waals surface area contributed by atoms with Crippen molar-refractivity contribution in [3.05, 3.63) is 24.3 Å². The molecule has 1 rings (SSSR count). The Balaban J connectivity index is 2.62. The Kier molecular flexibility index (Phi) is 5.66. The third-order valence-corrected chi connectivity index (χ3v) is 2.64. The lowest BCUT2D eigenvalue weighted by Gasteiger charge is -2.21. The summed E-state index contributed by atoms with van der Waals surface area (Å²) >= 11 is 0. The summed E-state index contributed by atoms with van der Waals surface area (Å²) in [5.74, 6) is 0.761. The molecule has 0 radical (unpaired) electrons. The van der Waals surface area contributed by atoms with E-state index in [4.69, 9.17) is 15.9 Å². The highest BCUT2D eigenvalue weighted by atomic mass is 16.5. The molecule has 0 aromatic heterocycles. The van der Waals surface area contributed by atoms with Crippen LogP contribution in [0.15, 0.2) is 24.3 Å². The second kappa shape index (κ2) is 7.25. The minimum Gasteiger partial charge on any atom is -0.497 e. The molecule has 19 heavy (non-hydrogen) atoms. The zero-order valence-corrected chi connectivity index (χ0v) is 11.3. The third-order valence-electron chi connectivity index (χ3n) is 2.64. The lowest BCUT2D eigenvalue weighted by atomic mass is 10.3. The number of nitrogens with two attached hydrogens (primary N) is 1. The van der Waals surface area contributed by atoms with Gasteiger partial charge in [-0.2, -0.15) is 0 Å². The molecule has 0 aliphatic rings. The van der Waals surface area contributed by atoms with Gasteiger partial charge in [0, 0.05) is 31.3 Å². The second-order valence-electron chi connectivity index (χ2n) is 4.02. The first kappa shape index (κ1) is 14.8. The highest BCUT2D eigenvalue weighted by molar-refractivity contribution is 5.90. The smallest absolute Gasteiger partial charge is 0.321 e. The summed E-state index contributed by atoms with van der Waals surface area (Å²) < 4.78 is 5.09. The van der Waals surface area contributed by atoms with Crippen LogP contribution in [-0.4, -0.2) is 37.0 Å². The second-order valence-corrected chi connectivity index (χ2v) is 4.02. The number of carbonyl (C=O) groups excluding carboxylic acids is 1. The summed E-state index contributed by atoms with van der Waals surface area (Å²) in [6, 6.07) is 6.94. The maximum absolute atomic E-state index is 12.0. The molecule has 6 heteroatoms. The number of nitrogens with zero attached hydrogens (tertiary/aromatic N) is 1. The third kappa shape index (κ3) is 4.87. The van der Waals surface area contributed by atoms with Crippen LogP contribution < -0.4 is 15.8 Å². The average molecular weight is 264 g/mol. The van der Waals surface area contributed by atoms with Gasteiger partial charge in [-0.15, -0.1) is 0 Å². The van der Waals surface area contributed by atoms with Gasteiger partial charge in [0.25, 0.3) is 0 Å². The number of ether oxygens (including phenoxy) is 1. The summed E-state index contributed by atoms with van der Waals surface area (Å²) in [4.78, 5) is 13.6. The number of hydrogen-bond acceptors (Lipinski definition) is 3. The zero-order valence-electron chi connectivity index (χ0n) is 11.3. The molecule has 0 saturated carbocycles. The SMILES string of the molecule is CCN(CCC(=N)N)C(=O)Nc1cccc(OC)c1. The summed E-state index contributed by atoms with van der Waals surface area (Å²) in [6.45, 7) is 2.87. The molecular formula is C13H20N4O2. The van der Waals surface area contributed by atoms with Gasteiger partial charge in [-0.1, -0.05) is 6.07 Å². The van der Waals surface area contributed by atoms with Crippen molar-refractivity contribution < 1.29 is 9.53 Å².